The van der Waals surface area contributed by atoms with Gasteiger partial charge in [-0.05, 0) is 50.1 Å². The van der Waals surface area contributed by atoms with Gasteiger partial charge in [-0.3, -0.25) is 0 Å². The summed E-state index contributed by atoms with van der Waals surface area (Å²) in [6.45, 7) is 2.45. The van der Waals surface area contributed by atoms with E-state index in [1.165, 1.54) is 32.4 Å². The first kappa shape index (κ1) is 7.81. The number of rotatable bonds is 1. The van der Waals surface area contributed by atoms with E-state index in [4.69, 9.17) is 0 Å². The predicted octanol–water partition coefficient (Wildman–Crippen LogP) is 2.12. The van der Waals surface area contributed by atoms with E-state index in [9.17, 15) is 0 Å². The summed E-state index contributed by atoms with van der Waals surface area (Å²) in [6, 6.07) is 0. The molecule has 13 heavy (non-hydrogen) atoms. The maximum absolute atomic E-state index is 3.44. The largest absolute Gasteiger partial charge is 0.317 e. The highest BCUT2D eigenvalue weighted by atomic mass is 14.9. The Bertz CT molecular complexity index is 258. The molecule has 3 aliphatic rings. The van der Waals surface area contributed by atoms with Crippen LogP contribution in [0.25, 0.3) is 0 Å². The van der Waals surface area contributed by atoms with Crippen LogP contribution in [0, 0.1) is 17.8 Å². The molecule has 3 rings (SSSR count). The van der Waals surface area contributed by atoms with Gasteiger partial charge in [0.05, 0.1) is 0 Å². The molecular formula is C12H17N. The minimum absolute atomic E-state index is 0.904. The molecule has 2 fully saturated rings. The maximum Gasteiger partial charge on any atom is -0.00432 e. The molecule has 2 atom stereocenters. The van der Waals surface area contributed by atoms with Gasteiger partial charge in [0.2, 0.25) is 0 Å². The minimum atomic E-state index is 0.904. The van der Waals surface area contributed by atoms with E-state index in [1.807, 2.05) is 0 Å². The molecule has 0 spiro atoms. The van der Waals surface area contributed by atoms with E-state index < -0.39 is 0 Å². The maximum atomic E-state index is 3.44. The Morgan fingerprint density at radius 3 is 2.92 bits per heavy atom. The quantitative estimate of drug-likeness (QED) is 0.643. The topological polar surface area (TPSA) is 12.0 Å². The van der Waals surface area contributed by atoms with E-state index in [1.54, 1.807) is 5.57 Å². The smallest absolute Gasteiger partial charge is 0.00432 e. The lowest BCUT2D eigenvalue weighted by Gasteiger charge is -2.26. The number of nitrogens with one attached hydrogen (secondary N) is 1. The fraction of sp³-hybridized carbons (Fsp3) is 0.667. The third-order valence-electron chi connectivity index (χ3n) is 3.73. The second-order valence-corrected chi connectivity index (χ2v) is 4.58. The van der Waals surface area contributed by atoms with E-state index in [-0.39, 0.29) is 0 Å². The summed E-state index contributed by atoms with van der Waals surface area (Å²) in [5.41, 5.74) is 1.77. The highest BCUT2D eigenvalue weighted by molar-refractivity contribution is 5.31. The molecular weight excluding hydrogens is 158 g/mol. The highest BCUT2D eigenvalue weighted by Gasteiger charge is 2.41. The Labute approximate surface area is 79.9 Å². The highest BCUT2D eigenvalue weighted by Crippen LogP contribution is 2.50. The van der Waals surface area contributed by atoms with Crippen LogP contribution < -0.4 is 5.32 Å². The minimum Gasteiger partial charge on any atom is -0.317 e. The number of hydrogen-bond donors (Lipinski definition) is 1. The van der Waals surface area contributed by atoms with E-state index in [0.29, 0.717) is 0 Å². The van der Waals surface area contributed by atoms with Gasteiger partial charge in [-0.2, -0.15) is 0 Å². The summed E-state index contributed by atoms with van der Waals surface area (Å²) in [5, 5.41) is 3.44. The molecule has 1 nitrogen and oxygen atoms in total. The first-order valence-corrected chi connectivity index (χ1v) is 5.54. The molecule has 2 aliphatic carbocycles. The van der Waals surface area contributed by atoms with Crippen molar-refractivity contribution in [2.75, 3.05) is 13.1 Å². The van der Waals surface area contributed by atoms with Crippen LogP contribution in [-0.2, 0) is 0 Å². The summed E-state index contributed by atoms with van der Waals surface area (Å²) in [5.74, 6) is 2.78. The number of fused-ring (bicyclic) bond motifs is 1. The average molecular weight is 175 g/mol. The Morgan fingerprint density at radius 2 is 2.08 bits per heavy atom. The summed E-state index contributed by atoms with van der Waals surface area (Å²) in [4.78, 5) is 0. The van der Waals surface area contributed by atoms with Crippen molar-refractivity contribution in [3.63, 3.8) is 0 Å². The van der Waals surface area contributed by atoms with Gasteiger partial charge in [-0.25, -0.2) is 0 Å². The molecule has 0 aromatic carbocycles. The lowest BCUT2D eigenvalue weighted by atomic mass is 9.85. The standard InChI is InChI=1S/C12H17N/c1-2-10-8-12(10)11(3-1)9-4-6-13-7-5-9/h1-3,9-10,12-13H,4-8H2. The van der Waals surface area contributed by atoms with Crippen LogP contribution in [0.1, 0.15) is 19.3 Å². The Kier molecular flexibility index (Phi) is 1.79. The lowest BCUT2D eigenvalue weighted by molar-refractivity contribution is 0.406. The molecule has 1 heteroatoms. The third kappa shape index (κ3) is 1.35. The van der Waals surface area contributed by atoms with Crippen molar-refractivity contribution in [2.24, 2.45) is 17.8 Å². The summed E-state index contributed by atoms with van der Waals surface area (Å²) in [7, 11) is 0. The van der Waals surface area contributed by atoms with Gasteiger partial charge in [0, 0.05) is 0 Å². The van der Waals surface area contributed by atoms with Crippen molar-refractivity contribution in [3.8, 4) is 0 Å². The van der Waals surface area contributed by atoms with Crippen molar-refractivity contribution in [3.05, 3.63) is 23.8 Å². The fourth-order valence-electron chi connectivity index (χ4n) is 2.84. The third-order valence-corrected chi connectivity index (χ3v) is 3.73. The van der Waals surface area contributed by atoms with Crippen LogP contribution in [0.5, 0.6) is 0 Å². The SMILES string of the molecule is C1=CC2CC2C(C2CCNCC2)=C1. The zero-order chi connectivity index (χ0) is 8.67. The second kappa shape index (κ2) is 2.98. The zero-order valence-electron chi connectivity index (χ0n) is 8.00. The molecule has 1 N–H and O–H groups in total. The molecule has 0 aromatic rings. The summed E-state index contributed by atoms with van der Waals surface area (Å²) >= 11 is 0. The number of piperidine rings is 1. The first-order valence-electron chi connectivity index (χ1n) is 5.54. The number of allylic oxidation sites excluding steroid dienone is 4. The van der Waals surface area contributed by atoms with E-state index in [0.717, 1.165) is 17.8 Å². The molecule has 1 saturated carbocycles. The average Bonchev–Trinajstić information content (AvgIpc) is 2.97. The van der Waals surface area contributed by atoms with Crippen LogP contribution in [0.15, 0.2) is 23.8 Å². The zero-order valence-corrected chi connectivity index (χ0v) is 8.00. The molecule has 0 amide bonds. The molecule has 0 bridgehead atoms. The van der Waals surface area contributed by atoms with Crippen molar-refractivity contribution in [1.29, 1.82) is 0 Å². The monoisotopic (exact) mass is 175 g/mol. The Hall–Kier alpha value is -0.560. The van der Waals surface area contributed by atoms with Crippen LogP contribution in [0.3, 0.4) is 0 Å². The van der Waals surface area contributed by atoms with Gasteiger partial charge in [0.1, 0.15) is 0 Å². The van der Waals surface area contributed by atoms with Gasteiger partial charge in [0.15, 0.2) is 0 Å². The van der Waals surface area contributed by atoms with Crippen LogP contribution in [0.2, 0.25) is 0 Å². The van der Waals surface area contributed by atoms with Gasteiger partial charge in [-0.1, -0.05) is 23.8 Å². The molecule has 0 radical (unpaired) electrons. The van der Waals surface area contributed by atoms with Crippen molar-refractivity contribution < 1.29 is 0 Å². The second-order valence-electron chi connectivity index (χ2n) is 4.58. The van der Waals surface area contributed by atoms with Gasteiger partial charge < -0.3 is 5.32 Å². The Balaban J connectivity index is 1.76. The molecule has 1 aliphatic heterocycles. The number of hydrogen-bond acceptors (Lipinski definition) is 1. The molecule has 1 saturated heterocycles. The molecule has 1 heterocycles. The van der Waals surface area contributed by atoms with E-state index >= 15 is 0 Å². The predicted molar refractivity (Wildman–Crippen MR) is 54.4 cm³/mol. The van der Waals surface area contributed by atoms with Gasteiger partial charge in [0.25, 0.3) is 0 Å². The van der Waals surface area contributed by atoms with Crippen molar-refractivity contribution in [2.45, 2.75) is 19.3 Å². The van der Waals surface area contributed by atoms with Gasteiger partial charge in [-0.15, -0.1) is 0 Å². The fourth-order valence-corrected chi connectivity index (χ4v) is 2.84. The first-order chi connectivity index (χ1) is 6.45. The van der Waals surface area contributed by atoms with Gasteiger partial charge >= 0.3 is 0 Å². The van der Waals surface area contributed by atoms with Crippen LogP contribution in [-0.4, -0.2) is 13.1 Å². The Morgan fingerprint density at radius 1 is 1.23 bits per heavy atom. The van der Waals surface area contributed by atoms with Crippen LogP contribution in [0.4, 0.5) is 0 Å². The van der Waals surface area contributed by atoms with Crippen molar-refractivity contribution >= 4 is 0 Å². The van der Waals surface area contributed by atoms with Crippen LogP contribution >= 0.6 is 0 Å². The normalized spacial score (nSPS) is 38.3. The summed E-state index contributed by atoms with van der Waals surface area (Å²) < 4.78 is 0. The summed E-state index contributed by atoms with van der Waals surface area (Å²) in [6.07, 6.45) is 11.2. The lowest BCUT2D eigenvalue weighted by Crippen LogP contribution is -2.29. The molecule has 2 unspecified atom stereocenters. The van der Waals surface area contributed by atoms with Crippen molar-refractivity contribution in [1.82, 2.24) is 5.32 Å². The van der Waals surface area contributed by atoms with E-state index in [2.05, 4.69) is 23.5 Å². The molecule has 70 valence electrons. The molecule has 0 aromatic heterocycles.